The van der Waals surface area contributed by atoms with Crippen molar-refractivity contribution in [3.63, 3.8) is 0 Å². The van der Waals surface area contributed by atoms with E-state index < -0.39 is 0 Å². The molecular formula is C13H25NO4. The Morgan fingerprint density at radius 3 is 2.11 bits per heavy atom. The Hall–Kier alpha value is -1.10. The van der Waals surface area contributed by atoms with Crippen LogP contribution in [-0.4, -0.2) is 49.2 Å². The molecule has 18 heavy (non-hydrogen) atoms. The zero-order chi connectivity index (χ0) is 14.3. The quantitative estimate of drug-likeness (QED) is 0.648. The van der Waals surface area contributed by atoms with E-state index in [0.29, 0.717) is 6.61 Å². The summed E-state index contributed by atoms with van der Waals surface area (Å²) < 4.78 is 9.68. The highest BCUT2D eigenvalue weighted by atomic mass is 16.5. The second-order valence-electron chi connectivity index (χ2n) is 4.62. The minimum Gasteiger partial charge on any atom is -0.469 e. The summed E-state index contributed by atoms with van der Waals surface area (Å²) in [4.78, 5) is 25.0. The average Bonchev–Trinajstić information content (AvgIpc) is 2.33. The lowest BCUT2D eigenvalue weighted by Crippen LogP contribution is -2.47. The lowest BCUT2D eigenvalue weighted by atomic mass is 10.0. The van der Waals surface area contributed by atoms with Crippen LogP contribution in [0.25, 0.3) is 0 Å². The summed E-state index contributed by atoms with van der Waals surface area (Å²) in [6.45, 7) is 10.0. The maximum atomic E-state index is 11.5. The standard InChI is InChI=1S/C13H25NO4/c1-7-18-12(15)8-14(9(2)3)11(5)10(4)13(16)17-6/h9-11H,7-8H2,1-6H3. The summed E-state index contributed by atoms with van der Waals surface area (Å²) in [6, 6.07) is 0.0679. The molecule has 0 saturated heterocycles. The molecule has 0 aliphatic rings. The summed E-state index contributed by atoms with van der Waals surface area (Å²) >= 11 is 0. The van der Waals surface area contributed by atoms with E-state index in [2.05, 4.69) is 0 Å². The topological polar surface area (TPSA) is 55.8 Å². The Bertz CT molecular complexity index is 278. The number of nitrogens with zero attached hydrogens (tertiary/aromatic N) is 1. The van der Waals surface area contributed by atoms with Gasteiger partial charge < -0.3 is 9.47 Å². The average molecular weight is 259 g/mol. The van der Waals surface area contributed by atoms with Gasteiger partial charge in [0.2, 0.25) is 0 Å². The second kappa shape index (κ2) is 8.08. The van der Waals surface area contributed by atoms with Crippen LogP contribution in [-0.2, 0) is 19.1 Å². The number of hydrogen-bond acceptors (Lipinski definition) is 5. The molecule has 0 aliphatic heterocycles. The third kappa shape index (κ3) is 5.04. The number of rotatable bonds is 7. The maximum Gasteiger partial charge on any atom is 0.320 e. The van der Waals surface area contributed by atoms with Gasteiger partial charge in [-0.25, -0.2) is 0 Å². The smallest absolute Gasteiger partial charge is 0.320 e. The maximum absolute atomic E-state index is 11.5. The summed E-state index contributed by atoms with van der Waals surface area (Å²) in [5.74, 6) is -0.820. The summed E-state index contributed by atoms with van der Waals surface area (Å²) in [7, 11) is 1.37. The first-order valence-corrected chi connectivity index (χ1v) is 6.34. The molecule has 0 radical (unpaired) electrons. The van der Waals surface area contributed by atoms with Crippen molar-refractivity contribution < 1.29 is 19.1 Å². The van der Waals surface area contributed by atoms with E-state index in [-0.39, 0.29) is 36.5 Å². The first-order valence-electron chi connectivity index (χ1n) is 6.34. The molecule has 2 atom stereocenters. The predicted molar refractivity (Wildman–Crippen MR) is 69.1 cm³/mol. The normalized spacial score (nSPS) is 14.4. The van der Waals surface area contributed by atoms with Gasteiger partial charge in [-0.15, -0.1) is 0 Å². The van der Waals surface area contributed by atoms with E-state index in [1.807, 2.05) is 25.7 Å². The minimum atomic E-state index is -0.285. The highest BCUT2D eigenvalue weighted by molar-refractivity contribution is 5.73. The largest absolute Gasteiger partial charge is 0.469 e. The second-order valence-corrected chi connectivity index (χ2v) is 4.62. The molecular weight excluding hydrogens is 234 g/mol. The van der Waals surface area contributed by atoms with Crippen LogP contribution in [0.4, 0.5) is 0 Å². The summed E-state index contributed by atoms with van der Waals surface area (Å²) in [6.07, 6.45) is 0. The summed E-state index contributed by atoms with van der Waals surface area (Å²) in [5, 5.41) is 0. The number of carbonyl (C=O) groups excluding carboxylic acids is 2. The lowest BCUT2D eigenvalue weighted by molar-refractivity contribution is -0.151. The number of hydrogen-bond donors (Lipinski definition) is 0. The third-order valence-electron chi connectivity index (χ3n) is 3.10. The Kier molecular flexibility index (Phi) is 7.59. The summed E-state index contributed by atoms with van der Waals surface area (Å²) in [5.41, 5.74) is 0. The zero-order valence-corrected chi connectivity index (χ0v) is 12.2. The van der Waals surface area contributed by atoms with Gasteiger partial charge in [0, 0.05) is 12.1 Å². The van der Waals surface area contributed by atoms with Crippen LogP contribution in [0, 0.1) is 5.92 Å². The zero-order valence-electron chi connectivity index (χ0n) is 12.2. The molecule has 2 unspecified atom stereocenters. The molecule has 0 aliphatic carbocycles. The number of methoxy groups -OCH3 is 1. The van der Waals surface area contributed by atoms with Crippen molar-refractivity contribution in [1.82, 2.24) is 4.90 Å². The van der Waals surface area contributed by atoms with Crippen molar-refractivity contribution in [1.29, 1.82) is 0 Å². The van der Waals surface area contributed by atoms with Crippen molar-refractivity contribution in [2.75, 3.05) is 20.3 Å². The Balaban J connectivity index is 4.68. The van der Waals surface area contributed by atoms with Gasteiger partial charge in [0.15, 0.2) is 0 Å². The fourth-order valence-corrected chi connectivity index (χ4v) is 1.82. The van der Waals surface area contributed by atoms with Gasteiger partial charge in [0.1, 0.15) is 0 Å². The monoisotopic (exact) mass is 259 g/mol. The van der Waals surface area contributed by atoms with Crippen LogP contribution in [0.1, 0.15) is 34.6 Å². The molecule has 0 spiro atoms. The fraction of sp³-hybridized carbons (Fsp3) is 0.846. The van der Waals surface area contributed by atoms with Gasteiger partial charge in [-0.2, -0.15) is 0 Å². The number of ether oxygens (including phenoxy) is 2. The first kappa shape index (κ1) is 16.9. The number of carbonyl (C=O) groups is 2. The van der Waals surface area contributed by atoms with Crippen molar-refractivity contribution in [2.24, 2.45) is 5.92 Å². The van der Waals surface area contributed by atoms with Gasteiger partial charge in [0.05, 0.1) is 26.2 Å². The van der Waals surface area contributed by atoms with E-state index in [0.717, 1.165) is 0 Å². The Labute approximate surface area is 109 Å². The van der Waals surface area contributed by atoms with Crippen LogP contribution in [0.2, 0.25) is 0 Å². The Morgan fingerprint density at radius 2 is 1.72 bits per heavy atom. The van der Waals surface area contributed by atoms with E-state index in [4.69, 9.17) is 9.47 Å². The van der Waals surface area contributed by atoms with Gasteiger partial charge in [0.25, 0.3) is 0 Å². The molecule has 0 fully saturated rings. The third-order valence-corrected chi connectivity index (χ3v) is 3.10. The van der Waals surface area contributed by atoms with E-state index >= 15 is 0 Å². The Morgan fingerprint density at radius 1 is 1.17 bits per heavy atom. The van der Waals surface area contributed by atoms with Crippen LogP contribution in [0.15, 0.2) is 0 Å². The van der Waals surface area contributed by atoms with E-state index in [1.54, 1.807) is 13.8 Å². The molecule has 0 heterocycles. The van der Waals surface area contributed by atoms with Crippen LogP contribution in [0.5, 0.6) is 0 Å². The van der Waals surface area contributed by atoms with E-state index in [1.165, 1.54) is 7.11 Å². The molecule has 0 saturated carbocycles. The molecule has 0 bridgehead atoms. The molecule has 0 aromatic rings. The van der Waals surface area contributed by atoms with Gasteiger partial charge in [-0.3, -0.25) is 14.5 Å². The minimum absolute atomic E-state index is 0.0816. The molecule has 5 nitrogen and oxygen atoms in total. The highest BCUT2D eigenvalue weighted by Gasteiger charge is 2.29. The van der Waals surface area contributed by atoms with Crippen molar-refractivity contribution in [3.8, 4) is 0 Å². The SMILES string of the molecule is CCOC(=O)CN(C(C)C)C(C)C(C)C(=O)OC. The molecule has 5 heteroatoms. The molecule has 0 rings (SSSR count). The van der Waals surface area contributed by atoms with Crippen molar-refractivity contribution in [2.45, 2.75) is 46.7 Å². The van der Waals surface area contributed by atoms with Gasteiger partial charge in [-0.1, -0.05) is 6.92 Å². The van der Waals surface area contributed by atoms with Crippen molar-refractivity contribution in [3.05, 3.63) is 0 Å². The van der Waals surface area contributed by atoms with Crippen molar-refractivity contribution >= 4 is 11.9 Å². The van der Waals surface area contributed by atoms with Gasteiger partial charge >= 0.3 is 11.9 Å². The van der Waals surface area contributed by atoms with Gasteiger partial charge in [-0.05, 0) is 27.7 Å². The molecule has 0 aromatic heterocycles. The molecule has 0 amide bonds. The highest BCUT2D eigenvalue weighted by Crippen LogP contribution is 2.15. The van der Waals surface area contributed by atoms with Crippen LogP contribution >= 0.6 is 0 Å². The van der Waals surface area contributed by atoms with Crippen LogP contribution in [0.3, 0.4) is 0 Å². The predicted octanol–water partition coefficient (Wildman–Crippen LogP) is 1.46. The van der Waals surface area contributed by atoms with E-state index in [9.17, 15) is 9.59 Å². The molecule has 0 aromatic carbocycles. The molecule has 0 N–H and O–H groups in total. The first-order chi connectivity index (χ1) is 8.34. The lowest BCUT2D eigenvalue weighted by Gasteiger charge is -2.34. The molecule has 106 valence electrons. The number of esters is 2. The van der Waals surface area contributed by atoms with Crippen LogP contribution < -0.4 is 0 Å². The fourth-order valence-electron chi connectivity index (χ4n) is 1.82.